The number of nitrogens with one attached hydrogen (secondary N) is 2. The van der Waals surface area contributed by atoms with Gasteiger partial charge in [0, 0.05) is 25.4 Å². The van der Waals surface area contributed by atoms with Gasteiger partial charge in [0.2, 0.25) is 11.8 Å². The van der Waals surface area contributed by atoms with Crippen LogP contribution in [0, 0.1) is 5.82 Å². The zero-order chi connectivity index (χ0) is 23.4. The first-order valence-electron chi connectivity index (χ1n) is 9.52. The first-order valence-corrected chi connectivity index (χ1v) is 9.89. The molecule has 2 heterocycles. The average Bonchev–Trinajstić information content (AvgIpc) is 2.76. The molecule has 172 valence electrons. The third-order valence-electron chi connectivity index (χ3n) is 4.83. The van der Waals surface area contributed by atoms with Crippen LogP contribution in [0.1, 0.15) is 24.1 Å². The van der Waals surface area contributed by atoms with E-state index in [0.717, 1.165) is 6.07 Å². The molecule has 0 radical (unpaired) electrons. The van der Waals surface area contributed by atoms with Gasteiger partial charge in [0.25, 0.3) is 6.36 Å². The summed E-state index contributed by atoms with van der Waals surface area (Å²) in [5.74, 6) is -1.44. The SMILES string of the molecule is C[C@@H]1C(=O)NCCN1C(=O)N[C@@H](c1ccnc(OC(F)C(F)F)c1)c1ccc(F)c(Cl)c1. The van der Waals surface area contributed by atoms with E-state index in [-0.39, 0.29) is 29.6 Å². The van der Waals surface area contributed by atoms with Crippen molar-refractivity contribution in [2.24, 2.45) is 0 Å². The van der Waals surface area contributed by atoms with Crippen LogP contribution in [0.3, 0.4) is 0 Å². The molecule has 12 heteroatoms. The van der Waals surface area contributed by atoms with Crippen molar-refractivity contribution in [3.05, 3.63) is 58.5 Å². The largest absolute Gasteiger partial charge is 0.437 e. The third kappa shape index (κ3) is 5.39. The molecule has 1 saturated heterocycles. The van der Waals surface area contributed by atoms with E-state index in [9.17, 15) is 27.2 Å². The van der Waals surface area contributed by atoms with Crippen molar-refractivity contribution in [1.82, 2.24) is 20.5 Å². The molecule has 3 rings (SSSR count). The van der Waals surface area contributed by atoms with Gasteiger partial charge >= 0.3 is 12.5 Å². The second-order valence-electron chi connectivity index (χ2n) is 6.95. The number of pyridine rings is 1. The highest BCUT2D eigenvalue weighted by Crippen LogP contribution is 2.28. The standard InChI is InChI=1S/C20H19ClF4N4O3/c1-10-19(30)27-6-7-29(10)20(31)28-16(11-2-3-14(22)13(21)8-11)12-4-5-26-15(9-12)32-18(25)17(23)24/h2-5,8-10,16-18H,6-7H2,1H3,(H,27,30)(H,28,31)/t10-,16-,18?/m1/s1. The summed E-state index contributed by atoms with van der Waals surface area (Å²) in [4.78, 5) is 29.9. The lowest BCUT2D eigenvalue weighted by molar-refractivity contribution is -0.126. The Hall–Kier alpha value is -3.08. The molecular formula is C20H19ClF4N4O3. The molecule has 2 N–H and O–H groups in total. The minimum absolute atomic E-state index is 0.209. The number of hydrogen-bond donors (Lipinski definition) is 2. The predicted octanol–water partition coefficient (Wildman–Crippen LogP) is 3.43. The summed E-state index contributed by atoms with van der Waals surface area (Å²) < 4.78 is 56.5. The first kappa shape index (κ1) is 23.6. The van der Waals surface area contributed by atoms with E-state index < -0.39 is 42.6 Å². The molecule has 7 nitrogen and oxygen atoms in total. The lowest BCUT2D eigenvalue weighted by Crippen LogP contribution is -2.58. The predicted molar refractivity (Wildman–Crippen MR) is 107 cm³/mol. The fourth-order valence-electron chi connectivity index (χ4n) is 3.15. The van der Waals surface area contributed by atoms with Gasteiger partial charge in [-0.15, -0.1) is 0 Å². The van der Waals surface area contributed by atoms with Gasteiger partial charge in [0.15, 0.2) is 0 Å². The van der Waals surface area contributed by atoms with Gasteiger partial charge in [0.1, 0.15) is 11.9 Å². The van der Waals surface area contributed by atoms with Gasteiger partial charge in [-0.2, -0.15) is 4.39 Å². The number of amides is 3. The Balaban J connectivity index is 1.93. The van der Waals surface area contributed by atoms with Gasteiger partial charge in [-0.1, -0.05) is 17.7 Å². The van der Waals surface area contributed by atoms with Crippen molar-refractivity contribution in [3.63, 3.8) is 0 Å². The summed E-state index contributed by atoms with van der Waals surface area (Å²) in [7, 11) is 0. The van der Waals surface area contributed by atoms with Crippen LogP contribution < -0.4 is 15.4 Å². The number of carbonyl (C=O) groups is 2. The summed E-state index contributed by atoms with van der Waals surface area (Å²) in [5, 5.41) is 5.15. The third-order valence-corrected chi connectivity index (χ3v) is 5.12. The molecule has 1 fully saturated rings. The fourth-order valence-corrected chi connectivity index (χ4v) is 3.34. The van der Waals surface area contributed by atoms with Crippen molar-refractivity contribution < 1.29 is 31.9 Å². The number of hydrogen-bond acceptors (Lipinski definition) is 4. The molecule has 3 amide bonds. The number of piperazine rings is 1. The van der Waals surface area contributed by atoms with E-state index >= 15 is 0 Å². The molecule has 0 spiro atoms. The van der Waals surface area contributed by atoms with Gasteiger partial charge in [-0.25, -0.2) is 22.9 Å². The summed E-state index contributed by atoms with van der Waals surface area (Å²) >= 11 is 5.89. The monoisotopic (exact) mass is 474 g/mol. The maximum atomic E-state index is 13.7. The molecule has 1 aliphatic rings. The van der Waals surface area contributed by atoms with Crippen molar-refractivity contribution in [2.45, 2.75) is 31.8 Å². The number of carbonyl (C=O) groups excluding carboxylic acids is 2. The van der Waals surface area contributed by atoms with Crippen LogP contribution in [0.4, 0.5) is 22.4 Å². The van der Waals surface area contributed by atoms with E-state index in [2.05, 4.69) is 20.4 Å². The van der Waals surface area contributed by atoms with E-state index in [4.69, 9.17) is 11.6 Å². The van der Waals surface area contributed by atoms with Crippen LogP contribution in [-0.4, -0.2) is 53.7 Å². The molecule has 1 unspecified atom stereocenters. The molecule has 0 aliphatic carbocycles. The van der Waals surface area contributed by atoms with Crippen LogP contribution in [-0.2, 0) is 4.79 Å². The summed E-state index contributed by atoms with van der Waals surface area (Å²) in [5.41, 5.74) is 0.628. The summed E-state index contributed by atoms with van der Waals surface area (Å²) in [6, 6.07) is 4.06. The summed E-state index contributed by atoms with van der Waals surface area (Å²) in [6.07, 6.45) is -5.08. The van der Waals surface area contributed by atoms with Crippen LogP contribution in [0.15, 0.2) is 36.5 Å². The highest BCUT2D eigenvalue weighted by molar-refractivity contribution is 6.30. The quantitative estimate of drug-likeness (QED) is 0.628. The molecule has 32 heavy (non-hydrogen) atoms. The smallest absolute Gasteiger partial charge is 0.318 e. The maximum absolute atomic E-state index is 13.7. The molecule has 1 aromatic carbocycles. The zero-order valence-electron chi connectivity index (χ0n) is 16.7. The van der Waals surface area contributed by atoms with E-state index in [1.807, 2.05) is 0 Å². The fraction of sp³-hybridized carbons (Fsp3) is 0.350. The molecule has 0 saturated carbocycles. The van der Waals surface area contributed by atoms with Crippen molar-refractivity contribution in [3.8, 4) is 5.88 Å². The minimum Gasteiger partial charge on any atom is -0.437 e. The molecule has 2 aromatic rings. The normalized spacial score (nSPS) is 18.2. The topological polar surface area (TPSA) is 83.6 Å². The van der Waals surface area contributed by atoms with Crippen molar-refractivity contribution in [1.29, 1.82) is 0 Å². The number of aromatic nitrogens is 1. The Kier molecular flexibility index (Phi) is 7.39. The molecule has 3 atom stereocenters. The molecule has 0 bridgehead atoms. The molecular weight excluding hydrogens is 456 g/mol. The van der Waals surface area contributed by atoms with Crippen LogP contribution in [0.2, 0.25) is 5.02 Å². The van der Waals surface area contributed by atoms with Gasteiger partial charge in [0.05, 0.1) is 11.1 Å². The van der Waals surface area contributed by atoms with E-state index in [0.29, 0.717) is 5.56 Å². The highest BCUT2D eigenvalue weighted by atomic mass is 35.5. The molecule has 1 aromatic heterocycles. The number of alkyl halides is 3. The lowest BCUT2D eigenvalue weighted by atomic mass is 9.99. The Morgan fingerprint density at radius 1 is 1.28 bits per heavy atom. The van der Waals surface area contributed by atoms with Crippen molar-refractivity contribution in [2.75, 3.05) is 13.1 Å². The van der Waals surface area contributed by atoms with E-state index in [1.165, 1.54) is 35.4 Å². The van der Waals surface area contributed by atoms with Crippen LogP contribution >= 0.6 is 11.6 Å². The zero-order valence-corrected chi connectivity index (χ0v) is 17.5. The van der Waals surface area contributed by atoms with Crippen molar-refractivity contribution >= 4 is 23.5 Å². The first-order chi connectivity index (χ1) is 15.2. The Bertz CT molecular complexity index is 997. The van der Waals surface area contributed by atoms with Gasteiger partial charge in [-0.3, -0.25) is 4.79 Å². The number of nitrogens with zero attached hydrogens (tertiary/aromatic N) is 2. The number of ether oxygens (including phenoxy) is 1. The Morgan fingerprint density at radius 3 is 2.69 bits per heavy atom. The van der Waals surface area contributed by atoms with Gasteiger partial charge < -0.3 is 20.3 Å². The number of rotatable bonds is 6. The van der Waals surface area contributed by atoms with Crippen LogP contribution in [0.5, 0.6) is 5.88 Å². The Labute approximate surface area is 185 Å². The summed E-state index contributed by atoms with van der Waals surface area (Å²) in [6.45, 7) is 2.07. The highest BCUT2D eigenvalue weighted by Gasteiger charge is 2.31. The Morgan fingerprint density at radius 2 is 2.00 bits per heavy atom. The second kappa shape index (κ2) is 10.0. The molecule has 1 aliphatic heterocycles. The maximum Gasteiger partial charge on any atom is 0.318 e. The average molecular weight is 475 g/mol. The number of halogens is 5. The van der Waals surface area contributed by atoms with Gasteiger partial charge in [-0.05, 0) is 36.2 Å². The minimum atomic E-state index is -3.38. The number of benzene rings is 1. The second-order valence-corrected chi connectivity index (χ2v) is 7.35. The number of urea groups is 1. The lowest BCUT2D eigenvalue weighted by Gasteiger charge is -2.34. The van der Waals surface area contributed by atoms with E-state index in [1.54, 1.807) is 6.92 Å². The van der Waals surface area contributed by atoms with Crippen LogP contribution in [0.25, 0.3) is 0 Å².